The minimum absolute atomic E-state index is 0.00316. The number of likely N-dealkylation sites (tertiary alicyclic amines) is 1. The third-order valence-electron chi connectivity index (χ3n) is 7.24. The fraction of sp³-hybridized carbons (Fsp3) is 0.821. The van der Waals surface area contributed by atoms with Crippen molar-refractivity contribution in [3.63, 3.8) is 0 Å². The molecule has 0 aromatic heterocycles. The second-order valence-corrected chi connectivity index (χ2v) is 12.5. The highest BCUT2D eigenvalue weighted by atomic mass is 16.5. The van der Waals surface area contributed by atoms with Crippen LogP contribution in [0.2, 0.25) is 0 Å². The van der Waals surface area contributed by atoms with Crippen molar-refractivity contribution >= 4 is 17.8 Å². The van der Waals surface area contributed by atoms with Crippen LogP contribution in [0.4, 0.5) is 0 Å². The van der Waals surface area contributed by atoms with Crippen molar-refractivity contribution in [2.75, 3.05) is 13.2 Å². The van der Waals surface area contributed by atoms with Gasteiger partial charge in [0.05, 0.1) is 31.1 Å². The zero-order valence-corrected chi connectivity index (χ0v) is 23.3. The highest BCUT2D eigenvalue weighted by molar-refractivity contribution is 5.96. The molecule has 0 aromatic rings. The molecular formula is C28H48N2O5. The molecule has 0 aromatic carbocycles. The lowest BCUT2D eigenvalue weighted by Crippen LogP contribution is -2.57. The van der Waals surface area contributed by atoms with Gasteiger partial charge in [-0.1, -0.05) is 60.1 Å². The monoisotopic (exact) mass is 492 g/mol. The first-order valence-electron chi connectivity index (χ1n) is 13.3. The number of aliphatic hydroxyl groups is 1. The van der Waals surface area contributed by atoms with Gasteiger partial charge in [-0.2, -0.15) is 0 Å². The zero-order chi connectivity index (χ0) is 26.7. The second-order valence-electron chi connectivity index (χ2n) is 12.5. The number of aliphatic hydroxyl groups excluding tert-OH is 1. The van der Waals surface area contributed by atoms with Gasteiger partial charge in [0.25, 0.3) is 0 Å². The van der Waals surface area contributed by atoms with Crippen molar-refractivity contribution in [1.82, 2.24) is 10.2 Å². The number of hydrogen-bond acceptors (Lipinski definition) is 5. The van der Waals surface area contributed by atoms with Crippen LogP contribution in [0.25, 0.3) is 0 Å². The number of hydrogen-bond donors (Lipinski definition) is 2. The van der Waals surface area contributed by atoms with Gasteiger partial charge in [-0.25, -0.2) is 0 Å². The molecule has 0 bridgehead atoms. The summed E-state index contributed by atoms with van der Waals surface area (Å²) < 4.78 is 5.42. The van der Waals surface area contributed by atoms with Crippen LogP contribution in [0.1, 0.15) is 81.6 Å². The molecule has 1 fully saturated rings. The van der Waals surface area contributed by atoms with Crippen molar-refractivity contribution in [2.45, 2.75) is 99.2 Å². The Morgan fingerprint density at radius 3 is 2.26 bits per heavy atom. The summed E-state index contributed by atoms with van der Waals surface area (Å²) in [5, 5.41) is 13.5. The number of amides is 2. The number of nitrogens with zero attached hydrogens (tertiary/aromatic N) is 1. The Kier molecular flexibility index (Phi) is 9.59. The normalized spacial score (nSPS) is 27.7. The van der Waals surface area contributed by atoms with Crippen LogP contribution in [-0.4, -0.2) is 58.6 Å². The zero-order valence-electron chi connectivity index (χ0n) is 23.3. The molecule has 1 aliphatic heterocycles. The maximum absolute atomic E-state index is 14.0. The van der Waals surface area contributed by atoms with Crippen LogP contribution in [-0.2, 0) is 19.1 Å². The van der Waals surface area contributed by atoms with E-state index in [0.29, 0.717) is 0 Å². The molecule has 2 N–H and O–H groups in total. The minimum atomic E-state index is -0.790. The summed E-state index contributed by atoms with van der Waals surface area (Å²) in [6, 6.07) is -1.31. The third-order valence-corrected chi connectivity index (χ3v) is 7.24. The van der Waals surface area contributed by atoms with Crippen LogP contribution in [0.3, 0.4) is 0 Å². The maximum Gasteiger partial charge on any atom is 0.310 e. The van der Waals surface area contributed by atoms with Crippen molar-refractivity contribution in [2.24, 2.45) is 35.0 Å². The number of nitrogens with one attached hydrogen (secondary N) is 1. The summed E-state index contributed by atoms with van der Waals surface area (Å²) in [7, 11) is 0. The summed E-state index contributed by atoms with van der Waals surface area (Å²) in [4.78, 5) is 42.6. The van der Waals surface area contributed by atoms with E-state index in [9.17, 15) is 19.5 Å². The summed E-state index contributed by atoms with van der Waals surface area (Å²) >= 11 is 0. The molecular weight excluding hydrogens is 444 g/mol. The molecule has 0 spiro atoms. The van der Waals surface area contributed by atoms with E-state index in [0.717, 1.165) is 19.3 Å². The lowest BCUT2D eigenvalue weighted by molar-refractivity contribution is -0.156. The van der Waals surface area contributed by atoms with Gasteiger partial charge >= 0.3 is 5.97 Å². The topological polar surface area (TPSA) is 95.9 Å². The number of fused-ring (bicyclic) bond motifs is 1. The molecule has 0 unspecified atom stereocenters. The number of esters is 1. The molecule has 200 valence electrons. The quantitative estimate of drug-likeness (QED) is 0.356. The van der Waals surface area contributed by atoms with Gasteiger partial charge in [0.2, 0.25) is 11.8 Å². The van der Waals surface area contributed by atoms with Crippen molar-refractivity contribution in [1.29, 1.82) is 0 Å². The van der Waals surface area contributed by atoms with Crippen molar-refractivity contribution in [3.05, 3.63) is 12.2 Å². The lowest BCUT2D eigenvalue weighted by atomic mass is 9.68. The van der Waals surface area contributed by atoms with Crippen LogP contribution in [0.15, 0.2) is 12.2 Å². The molecule has 1 heterocycles. The van der Waals surface area contributed by atoms with Crippen molar-refractivity contribution < 1.29 is 24.2 Å². The summed E-state index contributed by atoms with van der Waals surface area (Å²) in [5.41, 5.74) is -0.485. The summed E-state index contributed by atoms with van der Waals surface area (Å²) in [5.74, 6) is -2.78. The van der Waals surface area contributed by atoms with Gasteiger partial charge < -0.3 is 20.1 Å². The van der Waals surface area contributed by atoms with E-state index in [-0.39, 0.29) is 48.2 Å². The fourth-order valence-corrected chi connectivity index (χ4v) is 6.37. The first-order valence-corrected chi connectivity index (χ1v) is 13.3. The van der Waals surface area contributed by atoms with Gasteiger partial charge in [0.1, 0.15) is 6.04 Å². The highest BCUT2D eigenvalue weighted by Crippen LogP contribution is 2.47. The van der Waals surface area contributed by atoms with Gasteiger partial charge in [0.15, 0.2) is 0 Å². The Balaban J connectivity index is 2.55. The Bertz CT molecular complexity index is 798. The smallest absolute Gasteiger partial charge is 0.310 e. The van der Waals surface area contributed by atoms with Crippen LogP contribution >= 0.6 is 0 Å². The first kappa shape index (κ1) is 29.3. The van der Waals surface area contributed by atoms with Crippen molar-refractivity contribution in [3.8, 4) is 0 Å². The molecule has 7 nitrogen and oxygen atoms in total. The average Bonchev–Trinajstić information content (AvgIpc) is 2.99. The highest BCUT2D eigenvalue weighted by Gasteiger charge is 2.59. The number of ether oxygens (including phenoxy) is 1. The number of carbonyl (C=O) groups excluding carboxylic acids is 3. The maximum atomic E-state index is 14.0. The summed E-state index contributed by atoms with van der Waals surface area (Å²) in [6.45, 7) is 18.1. The standard InChI is InChI=1S/C28H48N2O5/c1-10-12-18-13-14-19-22(21(18)26(34)35-11-2)25(33)30(20(15-31)17(3)4)23(19)24(32)29-28(8,9)16-27(5,6)7/h13-14,17-23,31H,10-12,15-16H2,1-9H3,(H,29,32)/t18-,19+,20+,21-,22+,23+/m1/s1. The average molecular weight is 493 g/mol. The molecule has 35 heavy (non-hydrogen) atoms. The Hall–Kier alpha value is -1.89. The number of rotatable bonds is 10. The minimum Gasteiger partial charge on any atom is -0.466 e. The first-order chi connectivity index (χ1) is 16.2. The van der Waals surface area contributed by atoms with E-state index in [1.807, 2.05) is 39.8 Å². The van der Waals surface area contributed by atoms with Crippen LogP contribution in [0.5, 0.6) is 0 Å². The van der Waals surface area contributed by atoms with Gasteiger partial charge in [0, 0.05) is 11.5 Å². The Labute approximate surface area is 212 Å². The molecule has 0 radical (unpaired) electrons. The third kappa shape index (κ3) is 6.66. The number of allylic oxidation sites excluding steroid dienone is 1. The second kappa shape index (κ2) is 11.4. The molecule has 2 aliphatic rings. The van der Waals surface area contributed by atoms with E-state index in [4.69, 9.17) is 4.74 Å². The van der Waals surface area contributed by atoms with E-state index < -0.39 is 35.4 Å². The molecule has 7 heteroatoms. The molecule has 1 aliphatic carbocycles. The molecule has 2 amide bonds. The van der Waals surface area contributed by atoms with Gasteiger partial charge in [-0.05, 0) is 50.9 Å². The van der Waals surface area contributed by atoms with Crippen LogP contribution < -0.4 is 5.32 Å². The Morgan fingerprint density at radius 1 is 1.14 bits per heavy atom. The van der Waals surface area contributed by atoms with Gasteiger partial charge in [-0.15, -0.1) is 0 Å². The largest absolute Gasteiger partial charge is 0.466 e. The molecule has 2 rings (SSSR count). The molecule has 1 saturated heterocycles. The summed E-state index contributed by atoms with van der Waals surface area (Å²) in [6.07, 6.45) is 6.37. The van der Waals surface area contributed by atoms with E-state index >= 15 is 0 Å². The van der Waals surface area contributed by atoms with Gasteiger partial charge in [-0.3, -0.25) is 14.4 Å². The number of carbonyl (C=O) groups is 3. The van der Waals surface area contributed by atoms with E-state index in [1.165, 1.54) is 0 Å². The Morgan fingerprint density at radius 2 is 1.77 bits per heavy atom. The lowest BCUT2D eigenvalue weighted by Gasteiger charge is -2.39. The fourth-order valence-electron chi connectivity index (χ4n) is 6.37. The predicted molar refractivity (Wildman–Crippen MR) is 137 cm³/mol. The SMILES string of the molecule is CCC[C@@H]1C=C[C@H]2[C@H](C(=O)N([C@@H](CO)C(C)C)[C@@H]2C(=O)NC(C)(C)CC(C)(C)C)[C@@H]1C(=O)OCC. The molecule has 6 atom stereocenters. The predicted octanol–water partition coefficient (Wildman–Crippen LogP) is 3.94. The van der Waals surface area contributed by atoms with Crippen LogP contribution in [0, 0.1) is 35.0 Å². The molecule has 0 saturated carbocycles. The van der Waals surface area contributed by atoms with E-state index in [2.05, 4.69) is 33.0 Å². The van der Waals surface area contributed by atoms with E-state index in [1.54, 1.807) is 11.8 Å².